The number of rotatable bonds is 2. The molecule has 322 valence electrons. The molecular formula is C61H59BN2S. The predicted octanol–water partition coefficient (Wildman–Crippen LogP) is 15.5. The van der Waals surface area contributed by atoms with E-state index in [4.69, 9.17) is 0 Å². The third-order valence-corrected chi connectivity index (χ3v) is 18.5. The standard InChI is InChI=1S/C61H59BN2S/c1-57(2)26-27-58(3,4)44-30-35(23-24-43(44)57)64-54-41-32-45-46(60(7,8)29-28-59(45,5)6)33-49(41)65-56(54)62-52-40(31-47-51(55(52)64)38-18-13-14-21-42(38)61(47,9)10)37-19-15-20-39-50-36-17-12-11-16-34(36)22-25-48(50)63-53(37)39/h11-25,30-33,62-63H,26-29H2,1-10H3. The van der Waals surface area contributed by atoms with Crippen LogP contribution >= 0.6 is 11.3 Å². The molecule has 7 aromatic carbocycles. The zero-order valence-electron chi connectivity index (χ0n) is 39.9. The Kier molecular flexibility index (Phi) is 7.86. The largest absolute Gasteiger partial charge is 0.354 e. The van der Waals surface area contributed by atoms with E-state index in [1.165, 1.54) is 151 Å². The lowest BCUT2D eigenvalue weighted by atomic mass is 9.60. The number of thiophene rings is 1. The van der Waals surface area contributed by atoms with Gasteiger partial charge in [-0.05, 0) is 149 Å². The number of aromatic nitrogens is 1. The van der Waals surface area contributed by atoms with E-state index >= 15 is 0 Å². The summed E-state index contributed by atoms with van der Waals surface area (Å²) in [5, 5.41) is 6.59. The van der Waals surface area contributed by atoms with Gasteiger partial charge in [0, 0.05) is 54.3 Å². The zero-order valence-corrected chi connectivity index (χ0v) is 40.7. The number of para-hydroxylation sites is 1. The van der Waals surface area contributed by atoms with Gasteiger partial charge in [0.15, 0.2) is 0 Å². The molecule has 13 rings (SSSR count). The number of fused-ring (bicyclic) bond motifs is 15. The number of aromatic amines is 1. The molecule has 3 aliphatic carbocycles. The molecule has 2 aromatic heterocycles. The minimum Gasteiger partial charge on any atom is -0.354 e. The SMILES string of the molecule is CC1(C)CCC(C)(C)c2cc(N3c4c(c(-c5cccc6c5[nH]c5ccc7ccccc7c56)cc5c4-c4ccccc4C5(C)C)Bc4sc5cc6c(cc5c43)C(C)(C)CCC6(C)C)ccc21. The molecule has 0 saturated carbocycles. The Morgan fingerprint density at radius 1 is 0.508 bits per heavy atom. The molecule has 2 nitrogen and oxygen atoms in total. The van der Waals surface area contributed by atoms with E-state index in [-0.39, 0.29) is 27.1 Å². The maximum atomic E-state index is 4.02. The highest BCUT2D eigenvalue weighted by atomic mass is 32.1. The van der Waals surface area contributed by atoms with Gasteiger partial charge in [-0.3, -0.25) is 0 Å². The average molecular weight is 863 g/mol. The fourth-order valence-electron chi connectivity index (χ4n) is 13.3. The Balaban J connectivity index is 1.18. The van der Waals surface area contributed by atoms with Crippen molar-refractivity contribution in [1.82, 2.24) is 4.98 Å². The summed E-state index contributed by atoms with van der Waals surface area (Å²) in [6.45, 7) is 24.7. The molecule has 0 radical (unpaired) electrons. The maximum absolute atomic E-state index is 4.02. The average Bonchev–Trinajstić information content (AvgIpc) is 3.92. The molecule has 0 fully saturated rings. The Bertz CT molecular complexity index is 3570. The number of H-pyrrole nitrogens is 1. The zero-order chi connectivity index (χ0) is 44.7. The summed E-state index contributed by atoms with van der Waals surface area (Å²) < 4.78 is 2.88. The third-order valence-electron chi connectivity index (χ3n) is 17.3. The molecule has 1 aliphatic heterocycles. The number of anilines is 3. The molecule has 0 amide bonds. The van der Waals surface area contributed by atoms with Crippen molar-refractivity contribution < 1.29 is 0 Å². The molecule has 65 heavy (non-hydrogen) atoms. The van der Waals surface area contributed by atoms with E-state index in [1.54, 1.807) is 0 Å². The van der Waals surface area contributed by atoms with Crippen molar-refractivity contribution in [2.45, 2.75) is 122 Å². The monoisotopic (exact) mass is 862 g/mol. The van der Waals surface area contributed by atoms with Gasteiger partial charge in [-0.15, -0.1) is 11.3 Å². The van der Waals surface area contributed by atoms with Gasteiger partial charge in [-0.1, -0.05) is 148 Å². The van der Waals surface area contributed by atoms with Crippen molar-refractivity contribution in [2.75, 3.05) is 4.90 Å². The molecule has 0 saturated heterocycles. The number of benzene rings is 7. The van der Waals surface area contributed by atoms with Crippen LogP contribution in [-0.2, 0) is 27.1 Å². The smallest absolute Gasteiger partial charge is 0.211 e. The molecular weight excluding hydrogens is 804 g/mol. The first-order chi connectivity index (χ1) is 30.9. The van der Waals surface area contributed by atoms with Gasteiger partial charge in [0.05, 0.1) is 11.2 Å². The minimum absolute atomic E-state index is 0.0710. The van der Waals surface area contributed by atoms with Gasteiger partial charge in [0.2, 0.25) is 7.28 Å². The number of nitrogens with one attached hydrogen (secondary N) is 1. The van der Waals surface area contributed by atoms with Gasteiger partial charge in [-0.25, -0.2) is 0 Å². The van der Waals surface area contributed by atoms with E-state index in [9.17, 15) is 0 Å². The molecule has 9 aromatic rings. The summed E-state index contributed by atoms with van der Waals surface area (Å²) in [6.07, 6.45) is 4.79. The van der Waals surface area contributed by atoms with Crippen molar-refractivity contribution in [2.24, 2.45) is 0 Å². The van der Waals surface area contributed by atoms with Crippen LogP contribution in [0, 0.1) is 0 Å². The van der Waals surface area contributed by atoms with Crippen LogP contribution in [0.25, 0.3) is 64.9 Å². The van der Waals surface area contributed by atoms with Crippen LogP contribution in [0.1, 0.15) is 128 Å². The Labute approximate surface area is 389 Å². The quantitative estimate of drug-likeness (QED) is 0.172. The van der Waals surface area contributed by atoms with Crippen LogP contribution in [0.2, 0.25) is 0 Å². The first-order valence-electron chi connectivity index (χ1n) is 24.2. The minimum atomic E-state index is -0.195. The van der Waals surface area contributed by atoms with Gasteiger partial charge in [0.1, 0.15) is 0 Å². The Hall–Kier alpha value is -5.58. The fourth-order valence-corrected chi connectivity index (χ4v) is 14.5. The highest BCUT2D eigenvalue weighted by Crippen LogP contribution is 2.58. The summed E-state index contributed by atoms with van der Waals surface area (Å²) in [7, 11) is 0.881. The van der Waals surface area contributed by atoms with Gasteiger partial charge in [0.25, 0.3) is 0 Å². The molecule has 3 heterocycles. The topological polar surface area (TPSA) is 19.0 Å². The number of nitrogens with zero attached hydrogens (tertiary/aromatic N) is 1. The Morgan fingerprint density at radius 2 is 1.15 bits per heavy atom. The second-order valence-corrected chi connectivity index (χ2v) is 24.6. The Morgan fingerprint density at radius 3 is 1.92 bits per heavy atom. The van der Waals surface area contributed by atoms with E-state index in [0.717, 1.165) is 7.28 Å². The molecule has 0 atom stereocenters. The third kappa shape index (κ3) is 5.35. The summed E-state index contributed by atoms with van der Waals surface area (Å²) in [5.74, 6) is 0. The second-order valence-electron chi connectivity index (χ2n) is 23.5. The first-order valence-corrected chi connectivity index (χ1v) is 25.0. The van der Waals surface area contributed by atoms with Crippen molar-refractivity contribution in [3.05, 3.63) is 149 Å². The lowest BCUT2D eigenvalue weighted by Gasteiger charge is -2.43. The van der Waals surface area contributed by atoms with E-state index in [1.807, 2.05) is 11.3 Å². The summed E-state index contributed by atoms with van der Waals surface area (Å²) in [6, 6.07) is 45.3. The number of hydrogen-bond donors (Lipinski definition) is 1. The van der Waals surface area contributed by atoms with Crippen LogP contribution in [0.4, 0.5) is 17.1 Å². The van der Waals surface area contributed by atoms with Crippen LogP contribution < -0.4 is 15.1 Å². The predicted molar refractivity (Wildman–Crippen MR) is 283 cm³/mol. The summed E-state index contributed by atoms with van der Waals surface area (Å²) in [4.78, 5) is 6.81. The molecule has 0 unspecified atom stereocenters. The lowest BCUT2D eigenvalue weighted by Crippen LogP contribution is -2.40. The normalized spacial score (nSPS) is 19.1. The second kappa shape index (κ2) is 12.9. The first kappa shape index (κ1) is 39.8. The van der Waals surface area contributed by atoms with Crippen LogP contribution in [0.5, 0.6) is 0 Å². The van der Waals surface area contributed by atoms with E-state index < -0.39 is 0 Å². The number of hydrogen-bond acceptors (Lipinski definition) is 2. The van der Waals surface area contributed by atoms with E-state index in [0.29, 0.717) is 0 Å². The molecule has 4 aliphatic rings. The van der Waals surface area contributed by atoms with Crippen LogP contribution in [0.15, 0.2) is 115 Å². The van der Waals surface area contributed by atoms with Crippen LogP contribution in [-0.4, -0.2) is 12.3 Å². The van der Waals surface area contributed by atoms with Crippen LogP contribution in [0.3, 0.4) is 0 Å². The van der Waals surface area contributed by atoms with Crippen molar-refractivity contribution in [1.29, 1.82) is 0 Å². The summed E-state index contributed by atoms with van der Waals surface area (Å²) in [5.41, 5.74) is 22.4. The van der Waals surface area contributed by atoms with Gasteiger partial charge >= 0.3 is 0 Å². The lowest BCUT2D eigenvalue weighted by molar-refractivity contribution is 0.332. The van der Waals surface area contributed by atoms with E-state index in [2.05, 4.69) is 194 Å². The molecule has 4 heteroatoms. The summed E-state index contributed by atoms with van der Waals surface area (Å²) >= 11 is 2.05. The fraction of sp³-hybridized carbons (Fsp3) is 0.311. The van der Waals surface area contributed by atoms with Gasteiger partial charge in [-0.2, -0.15) is 0 Å². The highest BCUT2D eigenvalue weighted by Gasteiger charge is 2.45. The van der Waals surface area contributed by atoms with Crippen molar-refractivity contribution >= 4 is 88.6 Å². The molecule has 0 spiro atoms. The van der Waals surface area contributed by atoms with Crippen molar-refractivity contribution in [3.63, 3.8) is 0 Å². The highest BCUT2D eigenvalue weighted by molar-refractivity contribution is 7.29. The van der Waals surface area contributed by atoms with Gasteiger partial charge < -0.3 is 9.88 Å². The maximum Gasteiger partial charge on any atom is 0.211 e. The van der Waals surface area contributed by atoms with Crippen molar-refractivity contribution in [3.8, 4) is 22.3 Å². The molecule has 1 N–H and O–H groups in total. The molecule has 0 bridgehead atoms.